The number of nitrogens with one attached hydrogen (secondary N) is 1. The van der Waals surface area contributed by atoms with Crippen molar-refractivity contribution >= 4 is 23.5 Å². The predicted octanol–water partition coefficient (Wildman–Crippen LogP) is 4.88. The SMILES string of the molecule is COC(=O)C[C@H]1CCC[C@@H]1[C@](CNC(C)=O)(c1cccc(F)c1)C1CCN(CC2CN(c3ccc(C(=O)O)c(CN4CC(F)C4)c3)C2)CC1. The summed E-state index contributed by atoms with van der Waals surface area (Å²) in [5, 5.41) is 12.8. The number of hydrogen-bond acceptors (Lipinski definition) is 7. The predicted molar refractivity (Wildman–Crippen MR) is 183 cm³/mol. The van der Waals surface area contributed by atoms with E-state index < -0.39 is 17.6 Å². The van der Waals surface area contributed by atoms with Gasteiger partial charge in [-0.05, 0) is 98.0 Å². The molecule has 3 atom stereocenters. The Balaban J connectivity index is 1.13. The zero-order valence-corrected chi connectivity index (χ0v) is 28.7. The van der Waals surface area contributed by atoms with E-state index in [1.54, 1.807) is 18.2 Å². The van der Waals surface area contributed by atoms with Crippen molar-refractivity contribution in [2.45, 2.75) is 63.6 Å². The number of methoxy groups -OCH3 is 1. The van der Waals surface area contributed by atoms with Gasteiger partial charge in [-0.1, -0.05) is 18.6 Å². The van der Waals surface area contributed by atoms with Crippen LogP contribution in [0.1, 0.15) is 66.9 Å². The van der Waals surface area contributed by atoms with E-state index in [9.17, 15) is 28.3 Å². The Morgan fingerprint density at radius 1 is 1.00 bits per heavy atom. The van der Waals surface area contributed by atoms with E-state index in [2.05, 4.69) is 15.1 Å². The summed E-state index contributed by atoms with van der Waals surface area (Å²) < 4.78 is 33.3. The van der Waals surface area contributed by atoms with Crippen molar-refractivity contribution in [2.24, 2.45) is 23.7 Å². The third-order valence-corrected chi connectivity index (χ3v) is 11.7. The van der Waals surface area contributed by atoms with E-state index >= 15 is 0 Å². The van der Waals surface area contributed by atoms with Gasteiger partial charge in [0.15, 0.2) is 0 Å². The molecule has 0 spiro atoms. The second kappa shape index (κ2) is 15.1. The number of aromatic carboxylic acids is 1. The highest BCUT2D eigenvalue weighted by Crippen LogP contribution is 2.53. The maximum Gasteiger partial charge on any atom is 0.336 e. The van der Waals surface area contributed by atoms with Crippen molar-refractivity contribution < 1.29 is 33.0 Å². The summed E-state index contributed by atoms with van der Waals surface area (Å²) in [6.07, 6.45) is 4.11. The lowest BCUT2D eigenvalue weighted by Crippen LogP contribution is -2.56. The number of carboxylic acid groups (broad SMARTS) is 1. The fourth-order valence-corrected chi connectivity index (χ4v) is 9.32. The number of rotatable bonds is 13. The maximum atomic E-state index is 14.9. The van der Waals surface area contributed by atoms with Gasteiger partial charge in [0.05, 0.1) is 12.7 Å². The molecule has 0 unspecified atom stereocenters. The summed E-state index contributed by atoms with van der Waals surface area (Å²) in [6.45, 7) is 7.58. The summed E-state index contributed by atoms with van der Waals surface area (Å²) in [7, 11) is 1.42. The molecule has 3 saturated heterocycles. The van der Waals surface area contributed by atoms with Gasteiger partial charge in [-0.25, -0.2) is 13.6 Å². The van der Waals surface area contributed by atoms with Crippen LogP contribution in [0.25, 0.3) is 0 Å². The van der Waals surface area contributed by atoms with Crippen LogP contribution in [0.2, 0.25) is 0 Å². The van der Waals surface area contributed by atoms with Crippen LogP contribution in [0.3, 0.4) is 0 Å². The lowest BCUT2D eigenvalue weighted by molar-refractivity contribution is -0.142. The zero-order chi connectivity index (χ0) is 34.7. The minimum Gasteiger partial charge on any atom is -0.478 e. The van der Waals surface area contributed by atoms with Crippen LogP contribution in [-0.2, 0) is 26.3 Å². The molecule has 0 aromatic heterocycles. The van der Waals surface area contributed by atoms with E-state index in [1.807, 2.05) is 23.1 Å². The highest BCUT2D eigenvalue weighted by Gasteiger charge is 2.52. The average molecular weight is 681 g/mol. The molecular formula is C38H50F2N4O5. The number of piperidine rings is 1. The first-order valence-corrected chi connectivity index (χ1v) is 17.8. The Kier molecular flexibility index (Phi) is 10.9. The molecule has 6 rings (SSSR count). The standard InChI is InChI=1S/C38H50F2N4O5/c1-25(45)41-24-38(30-6-4-7-31(39)17-30,35-8-3-5-27(35)16-36(46)49-2)29-11-13-42(14-12-29)18-26-19-44(20-26)33-9-10-34(37(47)48)28(15-33)21-43-22-32(40)23-43/h4,6-7,9-10,15,17,26-27,29,32,35H,3,5,8,11-14,16,18-24H2,1-2H3,(H,41,45)(H,47,48)/t27-,35+,38+/m1/s1. The van der Waals surface area contributed by atoms with Crippen molar-refractivity contribution in [2.75, 3.05) is 64.4 Å². The molecule has 49 heavy (non-hydrogen) atoms. The smallest absolute Gasteiger partial charge is 0.336 e. The van der Waals surface area contributed by atoms with Gasteiger partial charge in [0.1, 0.15) is 12.0 Å². The molecule has 266 valence electrons. The van der Waals surface area contributed by atoms with Crippen molar-refractivity contribution in [3.63, 3.8) is 0 Å². The molecule has 3 heterocycles. The number of carboxylic acids is 1. The van der Waals surface area contributed by atoms with Gasteiger partial charge in [0.25, 0.3) is 0 Å². The number of alkyl halides is 1. The number of amides is 1. The Bertz CT molecular complexity index is 1500. The minimum atomic E-state index is -0.964. The largest absolute Gasteiger partial charge is 0.478 e. The molecule has 1 saturated carbocycles. The van der Waals surface area contributed by atoms with E-state index in [0.29, 0.717) is 38.5 Å². The van der Waals surface area contributed by atoms with Gasteiger partial charge < -0.3 is 25.0 Å². The monoisotopic (exact) mass is 680 g/mol. The van der Waals surface area contributed by atoms with Crippen molar-refractivity contribution in [1.82, 2.24) is 15.1 Å². The number of esters is 1. The summed E-state index contributed by atoms with van der Waals surface area (Å²) in [6, 6.07) is 12.4. The number of hydrogen-bond donors (Lipinski definition) is 2. The summed E-state index contributed by atoms with van der Waals surface area (Å²) >= 11 is 0. The molecule has 9 nitrogen and oxygen atoms in total. The number of carbonyl (C=O) groups is 3. The first-order chi connectivity index (χ1) is 23.5. The van der Waals surface area contributed by atoms with Crippen molar-refractivity contribution in [3.05, 3.63) is 65.0 Å². The highest BCUT2D eigenvalue weighted by atomic mass is 19.1. The molecule has 2 N–H and O–H groups in total. The third-order valence-electron chi connectivity index (χ3n) is 11.7. The van der Waals surface area contributed by atoms with Crippen LogP contribution < -0.4 is 10.2 Å². The zero-order valence-electron chi connectivity index (χ0n) is 28.7. The van der Waals surface area contributed by atoms with Gasteiger partial charge in [0, 0.05) is 76.2 Å². The van der Waals surface area contributed by atoms with E-state index in [1.165, 1.54) is 20.1 Å². The fourth-order valence-electron chi connectivity index (χ4n) is 9.32. The normalized spacial score (nSPS) is 23.8. The number of benzene rings is 2. The fraction of sp³-hybridized carbons (Fsp3) is 0.605. The first kappa shape index (κ1) is 35.3. The van der Waals surface area contributed by atoms with Crippen LogP contribution in [0.4, 0.5) is 14.5 Å². The molecule has 3 aliphatic heterocycles. The second-order valence-corrected chi connectivity index (χ2v) is 14.8. The lowest BCUT2D eigenvalue weighted by atomic mass is 9.57. The number of ether oxygens (including phenoxy) is 1. The molecule has 0 bridgehead atoms. The molecule has 2 aromatic rings. The number of halogens is 2. The molecular weight excluding hydrogens is 630 g/mol. The maximum absolute atomic E-state index is 14.9. The second-order valence-electron chi connectivity index (χ2n) is 14.8. The molecule has 0 radical (unpaired) electrons. The van der Waals surface area contributed by atoms with Crippen LogP contribution >= 0.6 is 0 Å². The lowest BCUT2D eigenvalue weighted by Gasteiger charge is -2.51. The van der Waals surface area contributed by atoms with Gasteiger partial charge in [-0.15, -0.1) is 0 Å². The molecule has 4 aliphatic rings. The highest BCUT2D eigenvalue weighted by molar-refractivity contribution is 5.90. The Morgan fingerprint density at radius 3 is 2.41 bits per heavy atom. The minimum absolute atomic E-state index is 0.0973. The third kappa shape index (κ3) is 7.77. The molecule has 2 aromatic carbocycles. The van der Waals surface area contributed by atoms with Crippen LogP contribution in [0.15, 0.2) is 42.5 Å². The van der Waals surface area contributed by atoms with E-state index in [-0.39, 0.29) is 41.0 Å². The number of nitrogens with zero attached hydrogens (tertiary/aromatic N) is 3. The first-order valence-electron chi connectivity index (χ1n) is 17.8. The molecule has 1 amide bonds. The Labute approximate surface area is 288 Å². The van der Waals surface area contributed by atoms with Gasteiger partial charge in [0.2, 0.25) is 5.91 Å². The van der Waals surface area contributed by atoms with Gasteiger partial charge >= 0.3 is 11.9 Å². The van der Waals surface area contributed by atoms with Crippen LogP contribution in [0, 0.1) is 29.5 Å². The summed E-state index contributed by atoms with van der Waals surface area (Å²) in [5.74, 6) is -0.721. The van der Waals surface area contributed by atoms with Crippen LogP contribution in [-0.4, -0.2) is 98.4 Å². The molecule has 11 heteroatoms. The van der Waals surface area contributed by atoms with E-state index in [4.69, 9.17) is 4.74 Å². The van der Waals surface area contributed by atoms with Crippen molar-refractivity contribution in [1.29, 1.82) is 0 Å². The van der Waals surface area contributed by atoms with Crippen molar-refractivity contribution in [3.8, 4) is 0 Å². The number of carbonyl (C=O) groups excluding carboxylic acids is 2. The Morgan fingerprint density at radius 2 is 1.76 bits per heavy atom. The number of likely N-dealkylation sites (tertiary alicyclic amines) is 2. The summed E-state index contributed by atoms with van der Waals surface area (Å²) in [5.41, 5.74) is 2.39. The van der Waals surface area contributed by atoms with E-state index in [0.717, 1.165) is 81.6 Å². The summed E-state index contributed by atoms with van der Waals surface area (Å²) in [4.78, 5) is 43.4. The van der Waals surface area contributed by atoms with Gasteiger partial charge in [-0.3, -0.25) is 14.5 Å². The average Bonchev–Trinajstić information content (AvgIpc) is 3.50. The molecule has 1 aliphatic carbocycles. The Hall–Kier alpha value is -3.57. The van der Waals surface area contributed by atoms with Crippen LogP contribution in [0.5, 0.6) is 0 Å². The quantitative estimate of drug-likeness (QED) is 0.289. The number of anilines is 1. The topological polar surface area (TPSA) is 102 Å². The molecule has 4 fully saturated rings. The van der Waals surface area contributed by atoms with Gasteiger partial charge in [-0.2, -0.15) is 0 Å².